The molecule has 35 heavy (non-hydrogen) atoms. The highest BCUT2D eigenvalue weighted by molar-refractivity contribution is 6.32. The molecule has 0 atom stereocenters. The monoisotopic (exact) mass is 483 g/mol. The third-order valence-electron chi connectivity index (χ3n) is 5.63. The zero-order valence-corrected chi connectivity index (χ0v) is 19.8. The van der Waals surface area contributed by atoms with Crippen molar-refractivity contribution in [2.75, 3.05) is 46.9 Å². The van der Waals surface area contributed by atoms with Crippen LogP contribution in [0.5, 0.6) is 5.75 Å². The van der Waals surface area contributed by atoms with E-state index in [0.29, 0.717) is 44.9 Å². The second-order valence-electron chi connectivity index (χ2n) is 7.92. The summed E-state index contributed by atoms with van der Waals surface area (Å²) in [4.78, 5) is 50.4. The summed E-state index contributed by atoms with van der Waals surface area (Å²) in [5.41, 5.74) is 2.45. The molecule has 0 bridgehead atoms. The van der Waals surface area contributed by atoms with Crippen molar-refractivity contribution < 1.29 is 33.4 Å². The van der Waals surface area contributed by atoms with E-state index < -0.39 is 11.9 Å². The summed E-state index contributed by atoms with van der Waals surface area (Å²) >= 11 is 0. The number of rotatable bonds is 8. The Kier molecular flexibility index (Phi) is 9.19. The Morgan fingerprint density at radius 1 is 0.886 bits per heavy atom. The van der Waals surface area contributed by atoms with E-state index in [1.807, 2.05) is 36.4 Å². The molecular formula is C25H29N3O7. The molecule has 10 nitrogen and oxygen atoms in total. The van der Waals surface area contributed by atoms with E-state index in [1.165, 1.54) is 7.11 Å². The fraction of sp³-hybridized carbons (Fsp3) is 0.360. The standard InChI is InChI=1S/C25H29N3O7/c1-33-24(31)19-9-7-18(8-10-19)17-35-21-6-4-3-5-20(21)16-27-11-13-28(14-12-27)22(29)15-26-23(30)25(32)34-2/h3-10H,11-17H2,1-2H3,(H,26,30). The molecule has 3 rings (SSSR count). The Balaban J connectivity index is 1.48. The maximum Gasteiger partial charge on any atom is 0.396 e. The number of esters is 2. The van der Waals surface area contributed by atoms with Gasteiger partial charge in [0.2, 0.25) is 5.91 Å². The van der Waals surface area contributed by atoms with Crippen LogP contribution in [0.2, 0.25) is 0 Å². The van der Waals surface area contributed by atoms with Crippen LogP contribution in [0.15, 0.2) is 48.5 Å². The topological polar surface area (TPSA) is 114 Å². The number of hydrogen-bond acceptors (Lipinski definition) is 8. The van der Waals surface area contributed by atoms with Crippen LogP contribution in [0.25, 0.3) is 0 Å². The van der Waals surface area contributed by atoms with E-state index >= 15 is 0 Å². The molecule has 2 aromatic carbocycles. The fourth-order valence-corrected chi connectivity index (χ4v) is 3.62. The molecule has 1 fully saturated rings. The van der Waals surface area contributed by atoms with Gasteiger partial charge in [-0.05, 0) is 23.8 Å². The highest BCUT2D eigenvalue weighted by atomic mass is 16.5. The summed E-state index contributed by atoms with van der Waals surface area (Å²) in [6.45, 7) is 3.15. The molecule has 0 saturated carbocycles. The third kappa shape index (κ3) is 7.28. The Bertz CT molecular complexity index is 1050. The van der Waals surface area contributed by atoms with Gasteiger partial charge in [0.05, 0.1) is 26.3 Å². The van der Waals surface area contributed by atoms with E-state index in [1.54, 1.807) is 17.0 Å². The fourth-order valence-electron chi connectivity index (χ4n) is 3.62. The lowest BCUT2D eigenvalue weighted by atomic mass is 10.1. The van der Waals surface area contributed by atoms with Gasteiger partial charge >= 0.3 is 17.8 Å². The van der Waals surface area contributed by atoms with Crippen LogP contribution in [-0.4, -0.2) is 80.5 Å². The quantitative estimate of drug-likeness (QED) is 0.437. The smallest absolute Gasteiger partial charge is 0.396 e. The van der Waals surface area contributed by atoms with Crippen molar-refractivity contribution in [1.82, 2.24) is 15.1 Å². The van der Waals surface area contributed by atoms with E-state index in [0.717, 1.165) is 24.0 Å². The predicted molar refractivity (Wildman–Crippen MR) is 125 cm³/mol. The van der Waals surface area contributed by atoms with E-state index in [-0.39, 0.29) is 18.4 Å². The molecule has 186 valence electrons. The Hall–Kier alpha value is -3.92. The van der Waals surface area contributed by atoms with Crippen LogP contribution in [0.1, 0.15) is 21.5 Å². The first-order chi connectivity index (χ1) is 16.9. The molecule has 0 unspecified atom stereocenters. The zero-order chi connectivity index (χ0) is 25.2. The largest absolute Gasteiger partial charge is 0.489 e. The van der Waals surface area contributed by atoms with Crippen molar-refractivity contribution in [3.63, 3.8) is 0 Å². The molecule has 0 aromatic heterocycles. The van der Waals surface area contributed by atoms with Crippen LogP contribution in [-0.2, 0) is 37.0 Å². The Labute approximate surface area is 203 Å². The number of benzene rings is 2. The van der Waals surface area contributed by atoms with E-state index in [9.17, 15) is 19.2 Å². The minimum absolute atomic E-state index is 0.245. The van der Waals surface area contributed by atoms with Crippen LogP contribution < -0.4 is 10.1 Å². The van der Waals surface area contributed by atoms with Gasteiger partial charge in [0.25, 0.3) is 0 Å². The zero-order valence-electron chi connectivity index (χ0n) is 19.8. The molecule has 0 spiro atoms. The number of amides is 2. The molecule has 2 aromatic rings. The van der Waals surface area contributed by atoms with Crippen molar-refractivity contribution in [1.29, 1.82) is 0 Å². The average Bonchev–Trinajstić information content (AvgIpc) is 2.90. The van der Waals surface area contributed by atoms with Gasteiger partial charge in [-0.15, -0.1) is 0 Å². The summed E-state index contributed by atoms with van der Waals surface area (Å²) in [6.07, 6.45) is 0. The predicted octanol–water partition coefficient (Wildman–Crippen LogP) is 0.986. The number of piperazine rings is 1. The minimum Gasteiger partial charge on any atom is -0.489 e. The summed E-state index contributed by atoms with van der Waals surface area (Å²) in [5.74, 6) is -1.81. The van der Waals surface area contributed by atoms with Gasteiger partial charge in [0, 0.05) is 38.3 Å². The summed E-state index contributed by atoms with van der Waals surface area (Å²) in [6, 6.07) is 14.9. The lowest BCUT2D eigenvalue weighted by Gasteiger charge is -2.35. The van der Waals surface area contributed by atoms with Crippen molar-refractivity contribution in [3.05, 3.63) is 65.2 Å². The molecule has 1 heterocycles. The molecule has 1 saturated heterocycles. The maximum atomic E-state index is 12.3. The first-order valence-corrected chi connectivity index (χ1v) is 11.2. The number of methoxy groups -OCH3 is 2. The highest BCUT2D eigenvalue weighted by Crippen LogP contribution is 2.22. The number of carbonyl (C=O) groups is 4. The molecule has 1 aliphatic rings. The van der Waals surface area contributed by atoms with Gasteiger partial charge in [-0.1, -0.05) is 30.3 Å². The van der Waals surface area contributed by atoms with Gasteiger partial charge in [-0.3, -0.25) is 14.5 Å². The van der Waals surface area contributed by atoms with Crippen LogP contribution in [0, 0.1) is 0 Å². The van der Waals surface area contributed by atoms with Crippen LogP contribution in [0.4, 0.5) is 0 Å². The van der Waals surface area contributed by atoms with Crippen molar-refractivity contribution in [2.45, 2.75) is 13.2 Å². The van der Waals surface area contributed by atoms with Gasteiger partial charge in [-0.2, -0.15) is 0 Å². The molecule has 2 amide bonds. The second-order valence-corrected chi connectivity index (χ2v) is 7.92. The maximum absolute atomic E-state index is 12.3. The molecule has 0 aliphatic carbocycles. The first-order valence-electron chi connectivity index (χ1n) is 11.2. The first kappa shape index (κ1) is 25.7. The molecule has 1 N–H and O–H groups in total. The summed E-state index contributed by atoms with van der Waals surface area (Å²) in [5, 5.41) is 2.27. The van der Waals surface area contributed by atoms with Gasteiger partial charge in [-0.25, -0.2) is 9.59 Å². The number of nitrogens with zero attached hydrogens (tertiary/aromatic N) is 2. The Morgan fingerprint density at radius 2 is 1.57 bits per heavy atom. The van der Waals surface area contributed by atoms with Crippen LogP contribution >= 0.6 is 0 Å². The number of hydrogen-bond donors (Lipinski definition) is 1. The molecule has 0 radical (unpaired) electrons. The van der Waals surface area contributed by atoms with Crippen molar-refractivity contribution in [2.24, 2.45) is 0 Å². The number of nitrogens with one attached hydrogen (secondary N) is 1. The van der Waals surface area contributed by atoms with E-state index in [2.05, 4.69) is 15.0 Å². The third-order valence-corrected chi connectivity index (χ3v) is 5.63. The summed E-state index contributed by atoms with van der Waals surface area (Å²) in [7, 11) is 2.46. The average molecular weight is 484 g/mol. The normalized spacial score (nSPS) is 13.6. The lowest BCUT2D eigenvalue weighted by Crippen LogP contribution is -2.51. The van der Waals surface area contributed by atoms with Crippen molar-refractivity contribution in [3.8, 4) is 5.75 Å². The summed E-state index contributed by atoms with van der Waals surface area (Å²) < 4.78 is 15.1. The minimum atomic E-state index is -1.03. The number of carbonyl (C=O) groups excluding carboxylic acids is 4. The number of ether oxygens (including phenoxy) is 3. The lowest BCUT2D eigenvalue weighted by molar-refractivity contribution is -0.153. The van der Waals surface area contributed by atoms with Gasteiger partial charge < -0.3 is 24.4 Å². The molecule has 10 heteroatoms. The second kappa shape index (κ2) is 12.5. The number of para-hydroxylation sites is 1. The van der Waals surface area contributed by atoms with Crippen LogP contribution in [0.3, 0.4) is 0 Å². The molecular weight excluding hydrogens is 454 g/mol. The molecule has 1 aliphatic heterocycles. The van der Waals surface area contributed by atoms with E-state index in [4.69, 9.17) is 9.47 Å². The van der Waals surface area contributed by atoms with Crippen molar-refractivity contribution >= 4 is 23.8 Å². The SMILES string of the molecule is COC(=O)C(=O)NCC(=O)N1CCN(Cc2ccccc2OCc2ccc(C(=O)OC)cc2)CC1. The van der Waals surface area contributed by atoms with Gasteiger partial charge in [0.15, 0.2) is 0 Å². The highest BCUT2D eigenvalue weighted by Gasteiger charge is 2.23. The Morgan fingerprint density at radius 3 is 2.23 bits per heavy atom. The van der Waals surface area contributed by atoms with Gasteiger partial charge in [0.1, 0.15) is 12.4 Å².